The summed E-state index contributed by atoms with van der Waals surface area (Å²) in [5.74, 6) is 2.89. The molecule has 0 bridgehead atoms. The van der Waals surface area contributed by atoms with Gasteiger partial charge in [-0.25, -0.2) is 9.97 Å². The Morgan fingerprint density at radius 1 is 1.12 bits per heavy atom. The monoisotopic (exact) mass is 352 g/mol. The number of nitrogens with one attached hydrogen (secondary N) is 3. The molecule has 1 aromatic carbocycles. The maximum atomic E-state index is 5.25. The lowest BCUT2D eigenvalue weighted by Gasteiger charge is -2.15. The highest BCUT2D eigenvalue weighted by atomic mass is 16.5. The van der Waals surface area contributed by atoms with Crippen molar-refractivity contribution in [2.45, 2.75) is 20.3 Å². The minimum atomic E-state index is 0.579. The van der Waals surface area contributed by atoms with Crippen LogP contribution in [0.5, 0.6) is 0 Å². The first-order valence-corrected chi connectivity index (χ1v) is 8.54. The molecular weight excluding hydrogens is 328 g/mol. The lowest BCUT2D eigenvalue weighted by atomic mass is 10.1. The van der Waals surface area contributed by atoms with Crippen LogP contribution in [0.3, 0.4) is 0 Å². The van der Waals surface area contributed by atoms with E-state index in [0.29, 0.717) is 18.9 Å². The molecule has 3 N–H and O–H groups in total. The van der Waals surface area contributed by atoms with E-state index in [-0.39, 0.29) is 0 Å². The van der Waals surface area contributed by atoms with Crippen LogP contribution in [0.4, 0.5) is 17.5 Å². The number of aromatic amines is 1. The van der Waals surface area contributed by atoms with Crippen molar-refractivity contribution < 1.29 is 4.74 Å². The summed E-state index contributed by atoms with van der Waals surface area (Å²) >= 11 is 0. The molecule has 7 nitrogen and oxygen atoms in total. The normalized spacial score (nSPS) is 10.8. The molecule has 0 saturated carbocycles. The number of hydrogen-bond acceptors (Lipinski definition) is 6. The van der Waals surface area contributed by atoms with E-state index in [1.165, 1.54) is 0 Å². The summed E-state index contributed by atoms with van der Waals surface area (Å²) in [6.45, 7) is 4.60. The lowest BCUT2D eigenvalue weighted by Crippen LogP contribution is -2.10. The van der Waals surface area contributed by atoms with Gasteiger partial charge >= 0.3 is 0 Å². The molecule has 0 saturated heterocycles. The average Bonchev–Trinajstić information content (AvgIpc) is 3.04. The molecule has 136 valence electrons. The Morgan fingerprint density at radius 3 is 2.58 bits per heavy atom. The van der Waals surface area contributed by atoms with E-state index in [9.17, 15) is 0 Å². The maximum absolute atomic E-state index is 5.25. The minimum Gasteiger partial charge on any atom is -0.384 e. The highest BCUT2D eigenvalue weighted by Crippen LogP contribution is 2.28. The SMILES string of the molecule is CNc1nc(-c2cccc(C)c2)nc(Nc2cc(C)[nH]n2)c1CCOC. The Labute approximate surface area is 153 Å². The van der Waals surface area contributed by atoms with Crippen LogP contribution in [-0.2, 0) is 11.2 Å². The van der Waals surface area contributed by atoms with Crippen molar-refractivity contribution >= 4 is 17.5 Å². The second-order valence-corrected chi connectivity index (χ2v) is 6.15. The molecule has 3 aromatic rings. The number of aryl methyl sites for hydroxylation is 2. The Hall–Kier alpha value is -2.93. The smallest absolute Gasteiger partial charge is 0.163 e. The molecule has 0 atom stereocenters. The van der Waals surface area contributed by atoms with Gasteiger partial charge in [-0.2, -0.15) is 5.10 Å². The van der Waals surface area contributed by atoms with Gasteiger partial charge in [0.05, 0.1) is 6.61 Å². The summed E-state index contributed by atoms with van der Waals surface area (Å²) < 4.78 is 5.25. The molecule has 0 amide bonds. The molecule has 3 rings (SSSR count). The number of methoxy groups -OCH3 is 1. The van der Waals surface area contributed by atoms with Gasteiger partial charge < -0.3 is 15.4 Å². The fraction of sp³-hybridized carbons (Fsp3) is 0.316. The summed E-state index contributed by atoms with van der Waals surface area (Å²) in [6.07, 6.45) is 0.687. The molecule has 0 fully saturated rings. The molecule has 0 aliphatic rings. The number of ether oxygens (including phenoxy) is 1. The lowest BCUT2D eigenvalue weighted by molar-refractivity contribution is 0.202. The third-order valence-electron chi connectivity index (χ3n) is 4.03. The molecule has 0 unspecified atom stereocenters. The molecule has 0 aliphatic heterocycles. The van der Waals surface area contributed by atoms with Gasteiger partial charge in [0, 0.05) is 43.5 Å². The summed E-state index contributed by atoms with van der Waals surface area (Å²) in [4.78, 5) is 9.50. The van der Waals surface area contributed by atoms with Crippen LogP contribution < -0.4 is 10.6 Å². The Kier molecular flexibility index (Phi) is 5.48. The van der Waals surface area contributed by atoms with Crippen LogP contribution in [0, 0.1) is 13.8 Å². The fourth-order valence-corrected chi connectivity index (χ4v) is 2.75. The molecule has 26 heavy (non-hydrogen) atoms. The summed E-state index contributed by atoms with van der Waals surface area (Å²) in [5, 5.41) is 13.7. The van der Waals surface area contributed by atoms with E-state index >= 15 is 0 Å². The Bertz CT molecular complexity index is 889. The van der Waals surface area contributed by atoms with Gasteiger partial charge in [0.1, 0.15) is 11.6 Å². The molecule has 0 aliphatic carbocycles. The topological polar surface area (TPSA) is 87.8 Å². The van der Waals surface area contributed by atoms with Gasteiger partial charge in [0.2, 0.25) is 0 Å². The second-order valence-electron chi connectivity index (χ2n) is 6.15. The first kappa shape index (κ1) is 17.9. The standard InChI is InChI=1S/C19H24N6O/c1-12-6-5-7-14(10-12)17-22-18(20-3)15(8-9-26-4)19(23-17)21-16-11-13(2)24-25-16/h5-7,10-11H,8-9H2,1-4H3,(H3,20,21,22,23,24,25). The number of hydrogen-bond donors (Lipinski definition) is 3. The largest absolute Gasteiger partial charge is 0.384 e. The number of anilines is 3. The van der Waals surface area contributed by atoms with Crippen LogP contribution in [0.15, 0.2) is 30.3 Å². The zero-order valence-electron chi connectivity index (χ0n) is 15.6. The van der Waals surface area contributed by atoms with E-state index in [0.717, 1.165) is 39.8 Å². The van der Waals surface area contributed by atoms with E-state index in [2.05, 4.69) is 39.9 Å². The van der Waals surface area contributed by atoms with Crippen LogP contribution in [0.25, 0.3) is 11.4 Å². The number of rotatable bonds is 7. The van der Waals surface area contributed by atoms with E-state index in [4.69, 9.17) is 14.7 Å². The second kappa shape index (κ2) is 7.97. The maximum Gasteiger partial charge on any atom is 0.163 e. The Balaban J connectivity index is 2.08. The van der Waals surface area contributed by atoms with Crippen molar-refractivity contribution in [3.05, 3.63) is 47.2 Å². The summed E-state index contributed by atoms with van der Waals surface area (Å²) in [7, 11) is 3.55. The van der Waals surface area contributed by atoms with Crippen LogP contribution in [0.1, 0.15) is 16.8 Å². The predicted molar refractivity (Wildman–Crippen MR) is 104 cm³/mol. The third-order valence-corrected chi connectivity index (χ3v) is 4.03. The number of nitrogens with zero attached hydrogens (tertiary/aromatic N) is 3. The number of H-pyrrole nitrogens is 1. The predicted octanol–water partition coefficient (Wildman–Crippen LogP) is 3.46. The van der Waals surface area contributed by atoms with Gasteiger partial charge in [0.15, 0.2) is 11.6 Å². The van der Waals surface area contributed by atoms with Crippen LogP contribution in [0.2, 0.25) is 0 Å². The van der Waals surface area contributed by atoms with Crippen molar-refractivity contribution in [1.82, 2.24) is 20.2 Å². The minimum absolute atomic E-state index is 0.579. The van der Waals surface area contributed by atoms with Crippen LogP contribution in [-0.4, -0.2) is 40.9 Å². The van der Waals surface area contributed by atoms with E-state index < -0.39 is 0 Å². The van der Waals surface area contributed by atoms with Crippen LogP contribution >= 0.6 is 0 Å². The van der Waals surface area contributed by atoms with Crippen molar-refractivity contribution in [1.29, 1.82) is 0 Å². The Morgan fingerprint density at radius 2 is 1.92 bits per heavy atom. The van der Waals surface area contributed by atoms with Crippen molar-refractivity contribution in [3.63, 3.8) is 0 Å². The van der Waals surface area contributed by atoms with E-state index in [1.54, 1.807) is 7.11 Å². The quantitative estimate of drug-likeness (QED) is 0.603. The molecule has 0 radical (unpaired) electrons. The molecule has 2 heterocycles. The molecule has 0 spiro atoms. The van der Waals surface area contributed by atoms with Gasteiger partial charge in [-0.1, -0.05) is 23.8 Å². The van der Waals surface area contributed by atoms with Gasteiger partial charge in [0.25, 0.3) is 0 Å². The zero-order valence-corrected chi connectivity index (χ0v) is 15.6. The van der Waals surface area contributed by atoms with Crippen molar-refractivity contribution in [3.8, 4) is 11.4 Å². The molecule has 7 heteroatoms. The molecule has 2 aromatic heterocycles. The average molecular weight is 352 g/mol. The molecular formula is C19H24N6O. The highest BCUT2D eigenvalue weighted by Gasteiger charge is 2.16. The zero-order chi connectivity index (χ0) is 18.5. The summed E-state index contributed by atoms with van der Waals surface area (Å²) in [5.41, 5.74) is 4.08. The number of aromatic nitrogens is 4. The fourth-order valence-electron chi connectivity index (χ4n) is 2.75. The van der Waals surface area contributed by atoms with Gasteiger partial charge in [-0.05, 0) is 19.9 Å². The summed E-state index contributed by atoms with van der Waals surface area (Å²) in [6, 6.07) is 10.1. The first-order chi connectivity index (χ1) is 12.6. The van der Waals surface area contributed by atoms with Crippen molar-refractivity contribution in [2.24, 2.45) is 0 Å². The van der Waals surface area contributed by atoms with E-state index in [1.807, 2.05) is 32.2 Å². The van der Waals surface area contributed by atoms with Gasteiger partial charge in [-0.15, -0.1) is 0 Å². The third kappa shape index (κ3) is 4.00. The highest BCUT2D eigenvalue weighted by molar-refractivity contribution is 5.69. The number of benzene rings is 1. The van der Waals surface area contributed by atoms with Gasteiger partial charge in [-0.3, -0.25) is 5.10 Å². The first-order valence-electron chi connectivity index (χ1n) is 8.54. The van der Waals surface area contributed by atoms with Crippen molar-refractivity contribution in [2.75, 3.05) is 31.4 Å².